The van der Waals surface area contributed by atoms with Gasteiger partial charge in [0.1, 0.15) is 0 Å². The standard InChI is InChI=1S/C12H23N3O2/c1-11(2)6-8(7-12(3,4)15-11)14-10(17)9(16)13-5/h8,15H,6-7H2,1-5H3,(H,13,16)(H,14,17). The Hall–Kier alpha value is -1.10. The van der Waals surface area contributed by atoms with E-state index in [4.69, 9.17) is 0 Å². The van der Waals surface area contributed by atoms with Crippen LogP contribution in [0.3, 0.4) is 0 Å². The highest BCUT2D eigenvalue weighted by Gasteiger charge is 2.38. The maximum atomic E-state index is 11.5. The van der Waals surface area contributed by atoms with Crippen molar-refractivity contribution in [3.63, 3.8) is 0 Å². The zero-order valence-electron chi connectivity index (χ0n) is 11.3. The molecule has 98 valence electrons. The van der Waals surface area contributed by atoms with E-state index in [2.05, 4.69) is 43.6 Å². The van der Waals surface area contributed by atoms with Crippen LogP contribution < -0.4 is 16.0 Å². The molecule has 17 heavy (non-hydrogen) atoms. The summed E-state index contributed by atoms with van der Waals surface area (Å²) in [4.78, 5) is 22.7. The van der Waals surface area contributed by atoms with Gasteiger partial charge in [0.2, 0.25) is 0 Å². The summed E-state index contributed by atoms with van der Waals surface area (Å²) in [5, 5.41) is 8.65. The largest absolute Gasteiger partial charge is 0.351 e. The molecule has 0 saturated carbocycles. The molecule has 5 heteroatoms. The van der Waals surface area contributed by atoms with Gasteiger partial charge in [-0.25, -0.2) is 0 Å². The molecule has 1 aliphatic rings. The average Bonchev–Trinajstić information content (AvgIpc) is 2.11. The fourth-order valence-corrected chi connectivity index (χ4v) is 2.79. The molecular weight excluding hydrogens is 218 g/mol. The number of piperidine rings is 1. The lowest BCUT2D eigenvalue weighted by Crippen LogP contribution is -2.62. The van der Waals surface area contributed by atoms with E-state index in [1.165, 1.54) is 7.05 Å². The van der Waals surface area contributed by atoms with Crippen molar-refractivity contribution < 1.29 is 9.59 Å². The van der Waals surface area contributed by atoms with Gasteiger partial charge in [0, 0.05) is 24.2 Å². The second kappa shape index (κ2) is 4.64. The van der Waals surface area contributed by atoms with Crippen LogP contribution >= 0.6 is 0 Å². The van der Waals surface area contributed by atoms with Crippen LogP contribution in [0.4, 0.5) is 0 Å². The molecule has 0 atom stereocenters. The number of rotatable bonds is 1. The fourth-order valence-electron chi connectivity index (χ4n) is 2.79. The highest BCUT2D eigenvalue weighted by atomic mass is 16.2. The van der Waals surface area contributed by atoms with Crippen LogP contribution in [0.5, 0.6) is 0 Å². The average molecular weight is 241 g/mol. The summed E-state index contributed by atoms with van der Waals surface area (Å²) in [6.45, 7) is 8.42. The molecule has 1 saturated heterocycles. The first-order valence-electron chi connectivity index (χ1n) is 5.97. The van der Waals surface area contributed by atoms with Crippen molar-refractivity contribution in [2.45, 2.75) is 57.7 Å². The van der Waals surface area contributed by atoms with Gasteiger partial charge >= 0.3 is 11.8 Å². The zero-order valence-corrected chi connectivity index (χ0v) is 11.3. The van der Waals surface area contributed by atoms with Gasteiger partial charge in [-0.05, 0) is 40.5 Å². The van der Waals surface area contributed by atoms with Crippen molar-refractivity contribution in [2.75, 3.05) is 7.05 Å². The maximum absolute atomic E-state index is 11.5. The summed E-state index contributed by atoms with van der Waals surface area (Å²) in [5.74, 6) is -1.13. The van der Waals surface area contributed by atoms with E-state index in [9.17, 15) is 9.59 Å². The van der Waals surface area contributed by atoms with Gasteiger partial charge in [-0.15, -0.1) is 0 Å². The van der Waals surface area contributed by atoms with Gasteiger partial charge in [0.25, 0.3) is 0 Å². The lowest BCUT2D eigenvalue weighted by molar-refractivity contribution is -0.139. The van der Waals surface area contributed by atoms with E-state index in [-0.39, 0.29) is 17.1 Å². The number of nitrogens with one attached hydrogen (secondary N) is 3. The van der Waals surface area contributed by atoms with Crippen LogP contribution in [0.2, 0.25) is 0 Å². The third-order valence-corrected chi connectivity index (χ3v) is 2.96. The van der Waals surface area contributed by atoms with Crippen molar-refractivity contribution in [3.8, 4) is 0 Å². The van der Waals surface area contributed by atoms with Gasteiger partial charge in [-0.2, -0.15) is 0 Å². The van der Waals surface area contributed by atoms with Crippen LogP contribution in [-0.4, -0.2) is 36.0 Å². The fraction of sp³-hybridized carbons (Fsp3) is 0.833. The van der Waals surface area contributed by atoms with Gasteiger partial charge in [-0.1, -0.05) is 0 Å². The molecule has 0 bridgehead atoms. The van der Waals surface area contributed by atoms with Crippen LogP contribution in [0.15, 0.2) is 0 Å². The molecule has 0 spiro atoms. The lowest BCUT2D eigenvalue weighted by atomic mass is 9.79. The number of carbonyl (C=O) groups is 2. The molecule has 0 aromatic rings. The number of likely N-dealkylation sites (N-methyl/N-ethyl adjacent to an activating group) is 1. The summed E-state index contributed by atoms with van der Waals surface area (Å²) >= 11 is 0. The molecule has 0 aromatic carbocycles. The maximum Gasteiger partial charge on any atom is 0.309 e. The van der Waals surface area contributed by atoms with E-state index in [1.807, 2.05) is 0 Å². The van der Waals surface area contributed by atoms with Crippen molar-refractivity contribution in [3.05, 3.63) is 0 Å². The van der Waals surface area contributed by atoms with Crippen LogP contribution in [0.1, 0.15) is 40.5 Å². The Balaban J connectivity index is 2.66. The third kappa shape index (κ3) is 4.00. The topological polar surface area (TPSA) is 70.2 Å². The Bertz CT molecular complexity index is 308. The molecule has 1 aliphatic heterocycles. The summed E-state index contributed by atoms with van der Waals surface area (Å²) in [5.41, 5.74) is -0.0786. The first-order valence-corrected chi connectivity index (χ1v) is 5.97. The van der Waals surface area contributed by atoms with E-state index >= 15 is 0 Å². The van der Waals surface area contributed by atoms with Crippen molar-refractivity contribution in [2.24, 2.45) is 0 Å². The smallest absolute Gasteiger partial charge is 0.309 e. The quantitative estimate of drug-likeness (QED) is 0.573. The van der Waals surface area contributed by atoms with Crippen molar-refractivity contribution in [1.82, 2.24) is 16.0 Å². The molecule has 2 amide bonds. The number of hydrogen-bond donors (Lipinski definition) is 3. The number of hydrogen-bond acceptors (Lipinski definition) is 3. The summed E-state index contributed by atoms with van der Waals surface area (Å²) in [6.07, 6.45) is 1.64. The molecule has 0 aliphatic carbocycles. The lowest BCUT2D eigenvalue weighted by Gasteiger charge is -2.46. The molecular formula is C12H23N3O2. The Kier molecular flexibility index (Phi) is 3.81. The minimum Gasteiger partial charge on any atom is -0.351 e. The Morgan fingerprint density at radius 2 is 1.53 bits per heavy atom. The minimum absolute atomic E-state index is 0.0334. The van der Waals surface area contributed by atoms with Crippen LogP contribution in [0, 0.1) is 0 Å². The molecule has 0 radical (unpaired) electrons. The first-order chi connectivity index (χ1) is 7.65. The highest BCUT2D eigenvalue weighted by molar-refractivity contribution is 6.35. The molecule has 1 rings (SSSR count). The summed E-state index contributed by atoms with van der Waals surface area (Å²) in [6, 6.07) is 0.0334. The zero-order chi connectivity index (χ0) is 13.3. The highest BCUT2D eigenvalue weighted by Crippen LogP contribution is 2.28. The van der Waals surface area contributed by atoms with E-state index < -0.39 is 11.8 Å². The summed E-state index contributed by atoms with van der Waals surface area (Å²) in [7, 11) is 1.46. The Morgan fingerprint density at radius 3 is 1.94 bits per heavy atom. The van der Waals surface area contributed by atoms with E-state index in [1.54, 1.807) is 0 Å². The molecule has 5 nitrogen and oxygen atoms in total. The number of amides is 2. The summed E-state index contributed by atoms with van der Waals surface area (Å²) < 4.78 is 0. The van der Waals surface area contributed by atoms with Crippen molar-refractivity contribution >= 4 is 11.8 Å². The molecule has 1 fully saturated rings. The second-order valence-electron chi connectivity index (χ2n) is 6.05. The van der Waals surface area contributed by atoms with Gasteiger partial charge in [0.05, 0.1) is 0 Å². The molecule has 0 aromatic heterocycles. The first kappa shape index (κ1) is 14.0. The van der Waals surface area contributed by atoms with Crippen LogP contribution in [-0.2, 0) is 9.59 Å². The Morgan fingerprint density at radius 1 is 1.06 bits per heavy atom. The SMILES string of the molecule is CNC(=O)C(=O)NC1CC(C)(C)NC(C)(C)C1. The molecule has 3 N–H and O–H groups in total. The minimum atomic E-state index is -0.584. The van der Waals surface area contributed by atoms with Gasteiger partial charge in [0.15, 0.2) is 0 Å². The van der Waals surface area contributed by atoms with E-state index in [0.717, 1.165) is 12.8 Å². The third-order valence-electron chi connectivity index (χ3n) is 2.96. The second-order valence-corrected chi connectivity index (χ2v) is 6.05. The van der Waals surface area contributed by atoms with E-state index in [0.29, 0.717) is 0 Å². The predicted molar refractivity (Wildman–Crippen MR) is 66.5 cm³/mol. The molecule has 0 unspecified atom stereocenters. The van der Waals surface area contributed by atoms with Gasteiger partial charge < -0.3 is 16.0 Å². The normalized spacial score (nSPS) is 22.9. The van der Waals surface area contributed by atoms with Crippen molar-refractivity contribution in [1.29, 1.82) is 0 Å². The Labute approximate surface area is 103 Å². The monoisotopic (exact) mass is 241 g/mol. The van der Waals surface area contributed by atoms with Crippen LogP contribution in [0.25, 0.3) is 0 Å². The number of carbonyl (C=O) groups excluding carboxylic acids is 2. The predicted octanol–water partition coefficient (Wildman–Crippen LogP) is 0.158. The molecule has 1 heterocycles. The van der Waals surface area contributed by atoms with Gasteiger partial charge in [-0.3, -0.25) is 9.59 Å².